The Hall–Kier alpha value is -3.65. The quantitative estimate of drug-likeness (QED) is 0.324. The van der Waals surface area contributed by atoms with Crippen LogP contribution in [0.2, 0.25) is 0 Å². The molecule has 5 aromatic rings. The van der Waals surface area contributed by atoms with E-state index in [0.29, 0.717) is 0 Å². The molecule has 0 saturated carbocycles. The first kappa shape index (κ1) is 16.3. The minimum atomic E-state index is 0.953. The fourth-order valence-electron chi connectivity index (χ4n) is 4.49. The summed E-state index contributed by atoms with van der Waals surface area (Å²) in [5.74, 6) is 0.953. The highest BCUT2D eigenvalue weighted by Gasteiger charge is 2.14. The zero-order valence-corrected chi connectivity index (χ0v) is 16.0. The lowest BCUT2D eigenvalue weighted by atomic mass is 9.95. The molecule has 0 spiro atoms. The average molecular weight is 372 g/mol. The van der Waals surface area contributed by atoms with Crippen molar-refractivity contribution in [3.63, 3.8) is 0 Å². The van der Waals surface area contributed by atoms with Gasteiger partial charge in [-0.25, -0.2) is 4.98 Å². The molecule has 0 radical (unpaired) electrons. The number of para-hydroxylation sites is 1. The summed E-state index contributed by atoms with van der Waals surface area (Å²) in [6.45, 7) is 0. The lowest BCUT2D eigenvalue weighted by molar-refractivity contribution is 1.05. The minimum absolute atomic E-state index is 0.953. The van der Waals surface area contributed by atoms with Crippen molar-refractivity contribution >= 4 is 38.2 Å². The number of hydrogen-bond donors (Lipinski definition) is 0. The molecule has 138 valence electrons. The zero-order chi connectivity index (χ0) is 19.2. The Bertz CT molecular complexity index is 1440. The Labute approximate surface area is 169 Å². The van der Waals surface area contributed by atoms with Gasteiger partial charge in [-0.05, 0) is 71.1 Å². The standard InChI is InChI=1S/C27H20N2/c1-2-8-19(9-3-1)20-13-14-21-18-26-24(17-22(21)16-20)23-10-4-5-11-25(23)29(26)27-12-6-7-15-28-27/h1-2,4-8,10-18H,3,9H2. The molecule has 2 heteroatoms. The number of allylic oxidation sites excluding steroid dienone is 4. The molecule has 29 heavy (non-hydrogen) atoms. The smallest absolute Gasteiger partial charge is 0.137 e. The Balaban J connectivity index is 1.66. The van der Waals surface area contributed by atoms with E-state index in [1.165, 1.54) is 43.7 Å². The number of nitrogens with zero attached hydrogens (tertiary/aromatic N) is 2. The van der Waals surface area contributed by atoms with Crippen molar-refractivity contribution in [2.24, 2.45) is 0 Å². The second-order valence-corrected chi connectivity index (χ2v) is 7.63. The van der Waals surface area contributed by atoms with Gasteiger partial charge in [0.25, 0.3) is 0 Å². The first-order chi connectivity index (χ1) is 14.4. The van der Waals surface area contributed by atoms with E-state index in [0.717, 1.165) is 18.7 Å². The molecule has 6 rings (SSSR count). The summed E-state index contributed by atoms with van der Waals surface area (Å²) in [5, 5.41) is 5.08. The summed E-state index contributed by atoms with van der Waals surface area (Å²) < 4.78 is 2.27. The van der Waals surface area contributed by atoms with Crippen LogP contribution in [0.25, 0.3) is 44.0 Å². The molecule has 3 aromatic carbocycles. The van der Waals surface area contributed by atoms with Gasteiger partial charge in [-0.1, -0.05) is 54.6 Å². The predicted molar refractivity (Wildman–Crippen MR) is 122 cm³/mol. The van der Waals surface area contributed by atoms with E-state index < -0.39 is 0 Å². The largest absolute Gasteiger partial charge is 0.294 e. The van der Waals surface area contributed by atoms with E-state index in [9.17, 15) is 0 Å². The van der Waals surface area contributed by atoms with E-state index in [4.69, 9.17) is 0 Å². The van der Waals surface area contributed by atoms with Crippen molar-refractivity contribution in [2.45, 2.75) is 12.8 Å². The van der Waals surface area contributed by atoms with Gasteiger partial charge in [-0.3, -0.25) is 4.57 Å². The van der Waals surface area contributed by atoms with Crippen molar-refractivity contribution in [3.8, 4) is 5.82 Å². The Morgan fingerprint density at radius 3 is 2.55 bits per heavy atom. The maximum absolute atomic E-state index is 4.63. The number of aromatic nitrogens is 2. The lowest BCUT2D eigenvalue weighted by Crippen LogP contribution is -1.96. The maximum atomic E-state index is 4.63. The van der Waals surface area contributed by atoms with Crippen LogP contribution in [-0.4, -0.2) is 9.55 Å². The molecule has 2 heterocycles. The Kier molecular flexibility index (Phi) is 3.63. The normalized spacial score (nSPS) is 14.0. The second-order valence-electron chi connectivity index (χ2n) is 7.63. The highest BCUT2D eigenvalue weighted by atomic mass is 15.1. The lowest BCUT2D eigenvalue weighted by Gasteiger charge is -2.11. The number of hydrogen-bond acceptors (Lipinski definition) is 1. The number of pyridine rings is 1. The molecule has 0 amide bonds. The molecule has 2 nitrogen and oxygen atoms in total. The van der Waals surface area contributed by atoms with Crippen LogP contribution < -0.4 is 0 Å². The molecule has 0 bridgehead atoms. The average Bonchev–Trinajstić information content (AvgIpc) is 3.12. The van der Waals surface area contributed by atoms with Gasteiger partial charge >= 0.3 is 0 Å². The van der Waals surface area contributed by atoms with Crippen molar-refractivity contribution in [1.29, 1.82) is 0 Å². The van der Waals surface area contributed by atoms with Gasteiger partial charge in [-0.15, -0.1) is 0 Å². The van der Waals surface area contributed by atoms with Gasteiger partial charge in [-0.2, -0.15) is 0 Å². The highest BCUT2D eigenvalue weighted by molar-refractivity contribution is 6.13. The first-order valence-corrected chi connectivity index (χ1v) is 10.1. The zero-order valence-electron chi connectivity index (χ0n) is 16.0. The van der Waals surface area contributed by atoms with Crippen molar-refractivity contribution < 1.29 is 0 Å². The molecule has 0 aliphatic heterocycles. The van der Waals surface area contributed by atoms with E-state index in [-0.39, 0.29) is 0 Å². The molecule has 0 fully saturated rings. The van der Waals surface area contributed by atoms with Crippen molar-refractivity contribution in [2.75, 3.05) is 0 Å². The molecule has 0 saturated heterocycles. The fourth-order valence-corrected chi connectivity index (χ4v) is 4.49. The van der Waals surface area contributed by atoms with E-state index in [1.54, 1.807) is 0 Å². The van der Waals surface area contributed by atoms with Crippen LogP contribution in [0.5, 0.6) is 0 Å². The second kappa shape index (κ2) is 6.46. The Morgan fingerprint density at radius 1 is 0.759 bits per heavy atom. The fraction of sp³-hybridized carbons (Fsp3) is 0.0741. The van der Waals surface area contributed by atoms with Gasteiger partial charge < -0.3 is 0 Å². The van der Waals surface area contributed by atoms with Gasteiger partial charge in [0.2, 0.25) is 0 Å². The third-order valence-corrected chi connectivity index (χ3v) is 5.89. The van der Waals surface area contributed by atoms with E-state index in [2.05, 4.69) is 88.4 Å². The third-order valence-electron chi connectivity index (χ3n) is 5.89. The summed E-state index contributed by atoms with van der Waals surface area (Å²) >= 11 is 0. The SMILES string of the molecule is C1=CCCC(c2ccc3cc4c(cc3c2)c2ccccc2n4-c2ccccn2)=C1. The number of benzene rings is 3. The molecule has 1 aliphatic carbocycles. The van der Waals surface area contributed by atoms with Gasteiger partial charge in [0, 0.05) is 17.0 Å². The van der Waals surface area contributed by atoms with Crippen LogP contribution in [-0.2, 0) is 0 Å². The van der Waals surface area contributed by atoms with Gasteiger partial charge in [0.1, 0.15) is 5.82 Å². The summed E-state index contributed by atoms with van der Waals surface area (Å²) in [7, 11) is 0. The molecule has 1 aliphatic rings. The van der Waals surface area contributed by atoms with Crippen LogP contribution in [0.15, 0.2) is 97.2 Å². The summed E-state index contributed by atoms with van der Waals surface area (Å²) in [4.78, 5) is 4.63. The Morgan fingerprint density at radius 2 is 1.69 bits per heavy atom. The summed E-state index contributed by atoms with van der Waals surface area (Å²) in [6, 6.07) is 26.2. The van der Waals surface area contributed by atoms with Gasteiger partial charge in [0.15, 0.2) is 0 Å². The van der Waals surface area contributed by atoms with Crippen LogP contribution >= 0.6 is 0 Å². The molecule has 0 N–H and O–H groups in total. The summed E-state index contributed by atoms with van der Waals surface area (Å²) in [6.07, 6.45) is 10.8. The minimum Gasteiger partial charge on any atom is -0.294 e. The molecule has 2 aromatic heterocycles. The molecule has 0 atom stereocenters. The monoisotopic (exact) mass is 372 g/mol. The van der Waals surface area contributed by atoms with Crippen LogP contribution in [0, 0.1) is 0 Å². The predicted octanol–water partition coefficient (Wildman–Crippen LogP) is 7.07. The van der Waals surface area contributed by atoms with E-state index in [1.807, 2.05) is 18.3 Å². The van der Waals surface area contributed by atoms with Gasteiger partial charge in [0.05, 0.1) is 11.0 Å². The van der Waals surface area contributed by atoms with Crippen molar-refractivity contribution in [1.82, 2.24) is 9.55 Å². The number of fused-ring (bicyclic) bond motifs is 4. The third kappa shape index (κ3) is 2.60. The van der Waals surface area contributed by atoms with Crippen LogP contribution in [0.4, 0.5) is 0 Å². The van der Waals surface area contributed by atoms with Crippen LogP contribution in [0.3, 0.4) is 0 Å². The summed E-state index contributed by atoms with van der Waals surface area (Å²) in [5.41, 5.74) is 5.14. The number of rotatable bonds is 2. The molecular weight excluding hydrogens is 352 g/mol. The van der Waals surface area contributed by atoms with Crippen molar-refractivity contribution in [3.05, 3.63) is 103 Å². The van der Waals surface area contributed by atoms with E-state index >= 15 is 0 Å². The first-order valence-electron chi connectivity index (χ1n) is 10.1. The highest BCUT2D eigenvalue weighted by Crippen LogP contribution is 2.35. The maximum Gasteiger partial charge on any atom is 0.137 e. The molecular formula is C27H20N2. The van der Waals surface area contributed by atoms with Crippen LogP contribution in [0.1, 0.15) is 18.4 Å². The molecule has 0 unspecified atom stereocenters. The topological polar surface area (TPSA) is 17.8 Å².